The van der Waals surface area contributed by atoms with Crippen molar-refractivity contribution in [3.05, 3.63) is 29.8 Å². The summed E-state index contributed by atoms with van der Waals surface area (Å²) in [7, 11) is -3.38. The van der Waals surface area contributed by atoms with Gasteiger partial charge in [0.1, 0.15) is 5.75 Å². The minimum Gasteiger partial charge on any atom is -0.490 e. The normalized spacial score (nSPS) is 17.5. The summed E-state index contributed by atoms with van der Waals surface area (Å²) in [4.78, 5) is 0. The van der Waals surface area contributed by atoms with E-state index in [0.717, 1.165) is 24.2 Å². The fraction of sp³-hybridized carbons (Fsp3) is 0.625. The van der Waals surface area contributed by atoms with E-state index in [-0.39, 0.29) is 30.9 Å². The minimum absolute atomic E-state index is 0.0634. The van der Waals surface area contributed by atoms with Crippen LogP contribution in [0.4, 0.5) is 0 Å². The Balaban J connectivity index is 1.98. The highest BCUT2D eigenvalue weighted by molar-refractivity contribution is 7.89. The van der Waals surface area contributed by atoms with Gasteiger partial charge in [-0.1, -0.05) is 12.1 Å². The third-order valence-electron chi connectivity index (χ3n) is 3.89. The van der Waals surface area contributed by atoms with Crippen molar-refractivity contribution >= 4 is 10.0 Å². The van der Waals surface area contributed by atoms with Crippen molar-refractivity contribution < 1.29 is 18.3 Å². The molecule has 1 aliphatic carbocycles. The fourth-order valence-corrected chi connectivity index (χ4v) is 4.01. The Kier molecular flexibility index (Phi) is 6.23. The van der Waals surface area contributed by atoms with E-state index < -0.39 is 10.0 Å². The van der Waals surface area contributed by atoms with Gasteiger partial charge in [0.25, 0.3) is 0 Å². The lowest BCUT2D eigenvalue weighted by Gasteiger charge is -2.17. The zero-order valence-corrected chi connectivity index (χ0v) is 13.8. The van der Waals surface area contributed by atoms with E-state index in [1.165, 1.54) is 12.8 Å². The molecule has 0 bridgehead atoms. The molecule has 0 aromatic heterocycles. The van der Waals surface area contributed by atoms with Gasteiger partial charge in [-0.25, -0.2) is 13.1 Å². The van der Waals surface area contributed by atoms with Crippen LogP contribution in [0.2, 0.25) is 0 Å². The molecule has 1 fully saturated rings. The number of benzene rings is 1. The highest BCUT2D eigenvalue weighted by Gasteiger charge is 2.18. The molecule has 22 heavy (non-hydrogen) atoms. The molecule has 6 heteroatoms. The topological polar surface area (TPSA) is 75.6 Å². The third kappa shape index (κ3) is 5.26. The van der Waals surface area contributed by atoms with Crippen LogP contribution < -0.4 is 9.46 Å². The van der Waals surface area contributed by atoms with Gasteiger partial charge in [-0.3, -0.25) is 0 Å². The Bertz CT molecular complexity index is 567. The molecule has 1 aromatic carbocycles. The molecule has 2 N–H and O–H groups in total. The number of ether oxygens (including phenoxy) is 1. The van der Waals surface area contributed by atoms with E-state index in [1.807, 2.05) is 31.2 Å². The summed E-state index contributed by atoms with van der Waals surface area (Å²) in [6.07, 6.45) is 5.14. The third-order valence-corrected chi connectivity index (χ3v) is 5.43. The number of aliphatic hydroxyl groups excluding tert-OH is 1. The molecule has 0 aliphatic heterocycles. The van der Waals surface area contributed by atoms with Gasteiger partial charge in [-0.2, -0.15) is 0 Å². The van der Waals surface area contributed by atoms with Crippen LogP contribution in [-0.4, -0.2) is 32.0 Å². The lowest BCUT2D eigenvalue weighted by molar-refractivity contribution is 0.210. The number of hydrogen-bond acceptors (Lipinski definition) is 4. The number of hydrogen-bond donors (Lipinski definition) is 2. The van der Waals surface area contributed by atoms with Gasteiger partial charge in [-0.15, -0.1) is 0 Å². The second kappa shape index (κ2) is 7.94. The van der Waals surface area contributed by atoms with Crippen molar-refractivity contribution in [3.8, 4) is 5.75 Å². The maximum atomic E-state index is 11.9. The summed E-state index contributed by atoms with van der Waals surface area (Å²) in [6.45, 7) is 1.69. The number of rotatable bonds is 8. The van der Waals surface area contributed by atoms with Gasteiger partial charge >= 0.3 is 0 Å². The van der Waals surface area contributed by atoms with Gasteiger partial charge in [-0.05, 0) is 56.7 Å². The fourth-order valence-electron chi connectivity index (χ4n) is 2.71. The van der Waals surface area contributed by atoms with Crippen LogP contribution in [-0.2, 0) is 10.0 Å². The van der Waals surface area contributed by atoms with E-state index in [4.69, 9.17) is 9.84 Å². The summed E-state index contributed by atoms with van der Waals surface area (Å²) in [5, 5.41) is 8.74. The van der Waals surface area contributed by atoms with Gasteiger partial charge in [0.05, 0.1) is 11.9 Å². The first-order valence-electron chi connectivity index (χ1n) is 7.87. The second-order valence-electron chi connectivity index (χ2n) is 5.83. The Morgan fingerprint density at radius 1 is 1.36 bits per heavy atom. The standard InChI is InChI=1S/C16H25NO4S/c1-13(17-22(19,20)11-5-10-18)14-6-4-9-16(12-14)21-15-7-2-3-8-15/h4,6,9,12-13,15,17-18H,2-3,5,7-8,10-11H2,1H3. The first kappa shape index (κ1) is 17.2. The molecule has 5 nitrogen and oxygen atoms in total. The quantitative estimate of drug-likeness (QED) is 0.768. The smallest absolute Gasteiger partial charge is 0.212 e. The Labute approximate surface area is 132 Å². The van der Waals surface area contributed by atoms with Gasteiger partial charge in [0.2, 0.25) is 10.0 Å². The minimum atomic E-state index is -3.38. The van der Waals surface area contributed by atoms with E-state index in [2.05, 4.69) is 4.72 Å². The van der Waals surface area contributed by atoms with E-state index in [1.54, 1.807) is 0 Å². The van der Waals surface area contributed by atoms with Crippen molar-refractivity contribution in [2.45, 2.75) is 51.2 Å². The average molecular weight is 327 g/mol. The van der Waals surface area contributed by atoms with Crippen molar-refractivity contribution in [1.29, 1.82) is 0 Å². The molecule has 0 radical (unpaired) electrons. The van der Waals surface area contributed by atoms with Crippen LogP contribution in [0, 0.1) is 0 Å². The maximum absolute atomic E-state index is 11.9. The highest BCUT2D eigenvalue weighted by Crippen LogP contribution is 2.26. The van der Waals surface area contributed by atoms with Gasteiger partial charge in [0, 0.05) is 12.6 Å². The predicted octanol–water partition coefficient (Wildman–Crippen LogP) is 2.37. The van der Waals surface area contributed by atoms with Gasteiger partial charge in [0.15, 0.2) is 0 Å². The van der Waals surface area contributed by atoms with Crippen molar-refractivity contribution in [3.63, 3.8) is 0 Å². The monoisotopic (exact) mass is 327 g/mol. The molecule has 2 rings (SSSR count). The van der Waals surface area contributed by atoms with Crippen molar-refractivity contribution in [2.75, 3.05) is 12.4 Å². The van der Waals surface area contributed by atoms with Crippen LogP contribution >= 0.6 is 0 Å². The van der Waals surface area contributed by atoms with E-state index in [0.29, 0.717) is 0 Å². The molecule has 1 saturated carbocycles. The SMILES string of the molecule is CC(NS(=O)(=O)CCCO)c1cccc(OC2CCCC2)c1. The molecule has 0 spiro atoms. The first-order chi connectivity index (χ1) is 10.5. The summed E-state index contributed by atoms with van der Waals surface area (Å²) in [5.74, 6) is 0.734. The number of nitrogens with one attached hydrogen (secondary N) is 1. The Hall–Kier alpha value is -1.11. The lowest BCUT2D eigenvalue weighted by atomic mass is 10.1. The second-order valence-corrected chi connectivity index (χ2v) is 7.71. The predicted molar refractivity (Wildman–Crippen MR) is 86.4 cm³/mol. The molecule has 1 aromatic rings. The molecular weight excluding hydrogens is 302 g/mol. The van der Waals surface area contributed by atoms with Crippen LogP contribution in [0.1, 0.15) is 50.6 Å². The van der Waals surface area contributed by atoms with Crippen LogP contribution in [0.25, 0.3) is 0 Å². The Morgan fingerprint density at radius 3 is 2.77 bits per heavy atom. The molecule has 1 unspecified atom stereocenters. The van der Waals surface area contributed by atoms with Crippen LogP contribution in [0.15, 0.2) is 24.3 Å². The van der Waals surface area contributed by atoms with Crippen molar-refractivity contribution in [1.82, 2.24) is 4.72 Å². The maximum Gasteiger partial charge on any atom is 0.212 e. The van der Waals surface area contributed by atoms with Crippen molar-refractivity contribution in [2.24, 2.45) is 0 Å². The first-order valence-corrected chi connectivity index (χ1v) is 9.53. The lowest BCUT2D eigenvalue weighted by Crippen LogP contribution is -2.29. The van der Waals surface area contributed by atoms with E-state index in [9.17, 15) is 8.42 Å². The molecule has 1 atom stereocenters. The molecule has 0 saturated heterocycles. The summed E-state index contributed by atoms with van der Waals surface area (Å²) < 4.78 is 32.4. The average Bonchev–Trinajstić information content (AvgIpc) is 2.98. The van der Waals surface area contributed by atoms with E-state index >= 15 is 0 Å². The highest BCUT2D eigenvalue weighted by atomic mass is 32.2. The summed E-state index contributed by atoms with van der Waals surface area (Å²) >= 11 is 0. The zero-order chi connectivity index (χ0) is 16.0. The number of aliphatic hydroxyl groups is 1. The van der Waals surface area contributed by atoms with Crippen LogP contribution in [0.3, 0.4) is 0 Å². The summed E-state index contributed by atoms with van der Waals surface area (Å²) in [5.41, 5.74) is 0.878. The largest absolute Gasteiger partial charge is 0.490 e. The molecule has 1 aliphatic rings. The molecule has 124 valence electrons. The zero-order valence-electron chi connectivity index (χ0n) is 13.0. The molecule has 0 amide bonds. The molecular formula is C16H25NO4S. The number of sulfonamides is 1. The van der Waals surface area contributed by atoms with Gasteiger partial charge < -0.3 is 9.84 Å². The Morgan fingerprint density at radius 2 is 2.09 bits per heavy atom. The summed E-state index contributed by atoms with van der Waals surface area (Å²) in [6, 6.07) is 7.27. The van der Waals surface area contributed by atoms with Crippen LogP contribution in [0.5, 0.6) is 5.75 Å². The molecule has 0 heterocycles.